The van der Waals surface area contributed by atoms with Gasteiger partial charge in [-0.05, 0) is 25.8 Å². The molecule has 0 radical (unpaired) electrons. The number of likely N-dealkylation sites (N-methyl/N-ethyl adjacent to an activating group) is 1. The van der Waals surface area contributed by atoms with Crippen molar-refractivity contribution in [2.45, 2.75) is 6.92 Å². The zero-order chi connectivity index (χ0) is 9.68. The standard InChI is InChI=1S/C7H14N4S2/c1-3-11(2)5-4-8-6-9-10-7(12)13-6/h3-5H2,1-2H3,(H,8,9)(H,10,12). The Morgan fingerprint density at radius 2 is 2.46 bits per heavy atom. The Morgan fingerprint density at radius 3 is 3.00 bits per heavy atom. The van der Waals surface area contributed by atoms with Crippen molar-refractivity contribution in [3.63, 3.8) is 0 Å². The van der Waals surface area contributed by atoms with Crippen LogP contribution in [0.4, 0.5) is 5.13 Å². The van der Waals surface area contributed by atoms with E-state index in [2.05, 4.69) is 34.4 Å². The van der Waals surface area contributed by atoms with Gasteiger partial charge in [-0.15, -0.1) is 5.10 Å². The number of nitrogens with one attached hydrogen (secondary N) is 2. The van der Waals surface area contributed by atoms with Crippen LogP contribution in [0.25, 0.3) is 0 Å². The predicted molar refractivity (Wildman–Crippen MR) is 59.0 cm³/mol. The summed E-state index contributed by atoms with van der Waals surface area (Å²) in [5, 5.41) is 10.8. The average Bonchev–Trinajstić information content (AvgIpc) is 2.51. The molecule has 0 saturated carbocycles. The number of aromatic nitrogens is 2. The van der Waals surface area contributed by atoms with Gasteiger partial charge in [0, 0.05) is 13.1 Å². The van der Waals surface area contributed by atoms with Crippen molar-refractivity contribution in [2.24, 2.45) is 0 Å². The number of hydrogen-bond donors (Lipinski definition) is 2. The second kappa shape index (κ2) is 5.31. The molecular formula is C7H14N4S2. The quantitative estimate of drug-likeness (QED) is 0.736. The zero-order valence-electron chi connectivity index (χ0n) is 7.83. The predicted octanol–water partition coefficient (Wildman–Crippen LogP) is 1.56. The third-order valence-electron chi connectivity index (χ3n) is 1.75. The second-order valence-corrected chi connectivity index (χ2v) is 4.41. The number of H-pyrrole nitrogens is 1. The fourth-order valence-electron chi connectivity index (χ4n) is 0.817. The number of hydrogen-bond acceptors (Lipinski definition) is 5. The number of rotatable bonds is 5. The Labute approximate surface area is 87.0 Å². The molecule has 0 atom stereocenters. The molecule has 2 N–H and O–H groups in total. The highest BCUT2D eigenvalue weighted by Gasteiger charge is 1.97. The maximum atomic E-state index is 4.91. The van der Waals surface area contributed by atoms with Gasteiger partial charge in [0.05, 0.1) is 0 Å². The maximum absolute atomic E-state index is 4.91. The molecule has 4 nitrogen and oxygen atoms in total. The lowest BCUT2D eigenvalue weighted by atomic mass is 10.5. The normalized spacial score (nSPS) is 10.7. The van der Waals surface area contributed by atoms with Crippen LogP contribution < -0.4 is 5.32 Å². The smallest absolute Gasteiger partial charge is 0.204 e. The van der Waals surface area contributed by atoms with Crippen LogP contribution in [0.15, 0.2) is 0 Å². The van der Waals surface area contributed by atoms with Crippen LogP contribution in [-0.4, -0.2) is 41.8 Å². The average molecular weight is 218 g/mol. The van der Waals surface area contributed by atoms with Gasteiger partial charge in [0.1, 0.15) is 0 Å². The molecule has 1 rings (SSSR count). The summed E-state index contributed by atoms with van der Waals surface area (Å²) >= 11 is 6.37. The van der Waals surface area contributed by atoms with Crippen LogP contribution in [-0.2, 0) is 0 Å². The molecule has 0 fully saturated rings. The Kier molecular flexibility index (Phi) is 4.34. The third-order valence-corrected chi connectivity index (χ3v) is 2.79. The molecule has 1 aromatic rings. The fraction of sp³-hybridized carbons (Fsp3) is 0.714. The first-order chi connectivity index (χ1) is 6.22. The Balaban J connectivity index is 2.24. The van der Waals surface area contributed by atoms with E-state index in [9.17, 15) is 0 Å². The van der Waals surface area contributed by atoms with E-state index in [1.807, 2.05) is 0 Å². The first-order valence-corrected chi connectivity index (χ1v) is 5.42. The van der Waals surface area contributed by atoms with Gasteiger partial charge in [0.2, 0.25) is 5.13 Å². The Hall–Kier alpha value is -0.460. The van der Waals surface area contributed by atoms with Gasteiger partial charge < -0.3 is 10.2 Å². The van der Waals surface area contributed by atoms with Crippen molar-refractivity contribution >= 4 is 28.7 Å². The van der Waals surface area contributed by atoms with Crippen molar-refractivity contribution in [2.75, 3.05) is 32.0 Å². The first-order valence-electron chi connectivity index (χ1n) is 4.20. The molecule has 74 valence electrons. The van der Waals surface area contributed by atoms with Crippen LogP contribution in [0.1, 0.15) is 6.92 Å². The summed E-state index contributed by atoms with van der Waals surface area (Å²) in [6.45, 7) is 5.12. The minimum Gasteiger partial charge on any atom is -0.359 e. The van der Waals surface area contributed by atoms with Crippen LogP contribution in [0.2, 0.25) is 0 Å². The number of anilines is 1. The second-order valence-electron chi connectivity index (χ2n) is 2.74. The van der Waals surface area contributed by atoms with Crippen molar-refractivity contribution in [3.8, 4) is 0 Å². The molecule has 0 amide bonds. The number of aromatic amines is 1. The lowest BCUT2D eigenvalue weighted by molar-refractivity contribution is 0.367. The monoisotopic (exact) mass is 218 g/mol. The molecule has 13 heavy (non-hydrogen) atoms. The summed E-state index contributed by atoms with van der Waals surface area (Å²) in [4.78, 5) is 2.24. The van der Waals surface area contributed by atoms with Crippen molar-refractivity contribution in [1.29, 1.82) is 0 Å². The first kappa shape index (κ1) is 10.6. The largest absolute Gasteiger partial charge is 0.359 e. The lowest BCUT2D eigenvalue weighted by Crippen LogP contribution is -2.24. The molecule has 0 aromatic carbocycles. The van der Waals surface area contributed by atoms with Crippen LogP contribution in [0.3, 0.4) is 0 Å². The van der Waals surface area contributed by atoms with Gasteiger partial charge >= 0.3 is 0 Å². The highest BCUT2D eigenvalue weighted by atomic mass is 32.1. The molecule has 0 aliphatic carbocycles. The zero-order valence-corrected chi connectivity index (χ0v) is 9.47. The van der Waals surface area contributed by atoms with Crippen molar-refractivity contribution in [1.82, 2.24) is 15.1 Å². The van der Waals surface area contributed by atoms with Crippen LogP contribution >= 0.6 is 23.6 Å². The summed E-state index contributed by atoms with van der Waals surface area (Å²) in [6.07, 6.45) is 0. The van der Waals surface area contributed by atoms with Gasteiger partial charge in [0.15, 0.2) is 3.95 Å². The SMILES string of the molecule is CCN(C)CCNc1n[nH]c(=S)s1. The van der Waals surface area contributed by atoms with E-state index < -0.39 is 0 Å². The molecule has 0 spiro atoms. The topological polar surface area (TPSA) is 44.0 Å². The van der Waals surface area contributed by atoms with Gasteiger partial charge in [-0.25, -0.2) is 0 Å². The van der Waals surface area contributed by atoms with E-state index >= 15 is 0 Å². The van der Waals surface area contributed by atoms with E-state index in [0.29, 0.717) is 3.95 Å². The molecule has 0 unspecified atom stereocenters. The summed E-state index contributed by atoms with van der Waals surface area (Å²) in [5.41, 5.74) is 0. The molecule has 0 bridgehead atoms. The molecule has 0 aliphatic rings. The summed E-state index contributed by atoms with van der Waals surface area (Å²) in [7, 11) is 2.09. The number of nitrogens with zero attached hydrogens (tertiary/aromatic N) is 2. The van der Waals surface area contributed by atoms with Gasteiger partial charge in [-0.3, -0.25) is 5.10 Å². The van der Waals surface area contributed by atoms with E-state index in [1.54, 1.807) is 0 Å². The van der Waals surface area contributed by atoms with E-state index in [1.165, 1.54) is 11.3 Å². The third kappa shape index (κ3) is 3.84. The van der Waals surface area contributed by atoms with Crippen molar-refractivity contribution in [3.05, 3.63) is 3.95 Å². The lowest BCUT2D eigenvalue weighted by Gasteiger charge is -2.12. The molecular weight excluding hydrogens is 204 g/mol. The molecule has 0 aliphatic heterocycles. The van der Waals surface area contributed by atoms with Gasteiger partial charge in [-0.2, -0.15) is 0 Å². The van der Waals surface area contributed by atoms with Gasteiger partial charge in [0.25, 0.3) is 0 Å². The molecule has 1 aromatic heterocycles. The Morgan fingerprint density at radius 1 is 1.69 bits per heavy atom. The molecule has 1 heterocycles. The van der Waals surface area contributed by atoms with Crippen LogP contribution in [0.5, 0.6) is 0 Å². The maximum Gasteiger partial charge on any atom is 0.204 e. The Bertz CT molecular complexity index is 293. The minimum atomic E-state index is 0.714. The highest BCUT2D eigenvalue weighted by Crippen LogP contribution is 2.09. The summed E-state index contributed by atoms with van der Waals surface area (Å²) < 4.78 is 0.714. The van der Waals surface area contributed by atoms with E-state index in [4.69, 9.17) is 12.2 Å². The minimum absolute atomic E-state index is 0.714. The fourth-order valence-corrected chi connectivity index (χ4v) is 1.63. The highest BCUT2D eigenvalue weighted by molar-refractivity contribution is 7.73. The van der Waals surface area contributed by atoms with Crippen LogP contribution in [0, 0.1) is 3.95 Å². The molecule has 6 heteroatoms. The summed E-state index contributed by atoms with van der Waals surface area (Å²) in [5.74, 6) is 0. The van der Waals surface area contributed by atoms with Crippen molar-refractivity contribution < 1.29 is 0 Å². The summed E-state index contributed by atoms with van der Waals surface area (Å²) in [6, 6.07) is 0. The van der Waals surface area contributed by atoms with E-state index in [0.717, 1.165) is 24.8 Å². The van der Waals surface area contributed by atoms with E-state index in [-0.39, 0.29) is 0 Å². The molecule has 0 saturated heterocycles. The van der Waals surface area contributed by atoms with Gasteiger partial charge in [-0.1, -0.05) is 18.3 Å².